The molecule has 0 saturated heterocycles. The molecule has 100 valence electrons. The minimum atomic E-state index is -0.476. The number of benzene rings is 1. The minimum Gasteiger partial charge on any atom is -0.454 e. The number of nitrogens with two attached hydrogens (primary N) is 1. The molecule has 1 aromatic heterocycles. The first-order valence-electron chi connectivity index (χ1n) is 5.66. The van der Waals surface area contributed by atoms with Gasteiger partial charge in [-0.3, -0.25) is 10.2 Å². The predicted molar refractivity (Wildman–Crippen MR) is 68.9 cm³/mol. The normalized spacial score (nSPS) is 10.3. The molecule has 0 aliphatic carbocycles. The zero-order chi connectivity index (χ0) is 13.8. The van der Waals surface area contributed by atoms with Crippen molar-refractivity contribution in [1.82, 2.24) is 5.43 Å². The van der Waals surface area contributed by atoms with Crippen LogP contribution >= 0.6 is 0 Å². The lowest BCUT2D eigenvalue weighted by molar-refractivity contribution is 0.0924. The zero-order valence-electron chi connectivity index (χ0n) is 10.4. The summed E-state index contributed by atoms with van der Waals surface area (Å²) in [6, 6.07) is 9.38. The van der Waals surface area contributed by atoms with Gasteiger partial charge in [-0.05, 0) is 36.4 Å². The molecule has 0 fully saturated rings. The summed E-state index contributed by atoms with van der Waals surface area (Å²) in [4.78, 5) is 13.1. The topological polar surface area (TPSA) is 71.5 Å². The van der Waals surface area contributed by atoms with Crippen molar-refractivity contribution in [1.29, 1.82) is 0 Å². The highest BCUT2D eigenvalue weighted by molar-refractivity contribution is 5.90. The average Bonchev–Trinajstić information content (AvgIpc) is 2.87. The van der Waals surface area contributed by atoms with Crippen LogP contribution in [0.1, 0.15) is 16.3 Å². The van der Waals surface area contributed by atoms with Gasteiger partial charge in [0, 0.05) is 12.7 Å². The van der Waals surface area contributed by atoms with Gasteiger partial charge in [-0.15, -0.1) is 0 Å². The Morgan fingerprint density at radius 2 is 2.00 bits per heavy atom. The highest BCUT2D eigenvalue weighted by Crippen LogP contribution is 2.17. The Morgan fingerprint density at radius 3 is 2.63 bits per heavy atom. The summed E-state index contributed by atoms with van der Waals surface area (Å²) in [6.45, 7) is 0.462. The Bertz CT molecular complexity index is 566. The first kappa shape index (κ1) is 13.1. The highest BCUT2D eigenvalue weighted by Gasteiger charge is 2.11. The average molecular weight is 263 g/mol. The molecule has 0 atom stereocenters. The van der Waals surface area contributed by atoms with Crippen LogP contribution in [0.5, 0.6) is 0 Å². The van der Waals surface area contributed by atoms with Crippen molar-refractivity contribution in [3.63, 3.8) is 0 Å². The molecular weight excluding hydrogens is 249 g/mol. The Kier molecular flexibility index (Phi) is 3.82. The van der Waals surface area contributed by atoms with Crippen molar-refractivity contribution in [2.24, 2.45) is 5.84 Å². The van der Waals surface area contributed by atoms with Gasteiger partial charge in [-0.1, -0.05) is 0 Å². The maximum absolute atomic E-state index is 12.8. The van der Waals surface area contributed by atoms with E-state index in [1.165, 1.54) is 12.1 Å². The van der Waals surface area contributed by atoms with Gasteiger partial charge < -0.3 is 9.32 Å². The van der Waals surface area contributed by atoms with E-state index in [0.29, 0.717) is 12.3 Å². The Balaban J connectivity index is 2.06. The summed E-state index contributed by atoms with van der Waals surface area (Å²) in [7, 11) is 1.85. The van der Waals surface area contributed by atoms with Crippen LogP contribution in [0.2, 0.25) is 0 Å². The second-order valence-corrected chi connectivity index (χ2v) is 4.07. The number of anilines is 1. The molecule has 1 aromatic carbocycles. The van der Waals surface area contributed by atoms with Crippen LogP contribution in [-0.2, 0) is 6.54 Å². The fourth-order valence-electron chi connectivity index (χ4n) is 1.68. The van der Waals surface area contributed by atoms with E-state index in [9.17, 15) is 9.18 Å². The number of nitrogens with one attached hydrogen (secondary N) is 1. The summed E-state index contributed by atoms with van der Waals surface area (Å²) >= 11 is 0. The van der Waals surface area contributed by atoms with Gasteiger partial charge >= 0.3 is 5.91 Å². The third-order valence-electron chi connectivity index (χ3n) is 2.68. The van der Waals surface area contributed by atoms with Crippen LogP contribution in [0.4, 0.5) is 10.1 Å². The van der Waals surface area contributed by atoms with Gasteiger partial charge in [0.05, 0.1) is 6.54 Å². The van der Waals surface area contributed by atoms with Gasteiger partial charge in [-0.2, -0.15) is 0 Å². The number of carbonyl (C=O) groups excluding carboxylic acids is 1. The van der Waals surface area contributed by atoms with Crippen LogP contribution in [0.3, 0.4) is 0 Å². The SMILES string of the molecule is CN(Cc1ccc(C(=O)NN)o1)c1ccc(F)cc1. The molecule has 0 bridgehead atoms. The first-order chi connectivity index (χ1) is 9.10. The molecule has 0 unspecified atom stereocenters. The summed E-state index contributed by atoms with van der Waals surface area (Å²) in [5.41, 5.74) is 2.85. The molecule has 0 saturated carbocycles. The van der Waals surface area contributed by atoms with Crippen LogP contribution in [0, 0.1) is 5.82 Å². The summed E-state index contributed by atoms with van der Waals surface area (Å²) in [6.07, 6.45) is 0. The summed E-state index contributed by atoms with van der Waals surface area (Å²) < 4.78 is 18.2. The van der Waals surface area contributed by atoms with E-state index in [1.807, 2.05) is 17.4 Å². The quantitative estimate of drug-likeness (QED) is 0.500. The largest absolute Gasteiger partial charge is 0.454 e. The molecule has 6 heteroatoms. The number of carbonyl (C=O) groups is 1. The molecule has 3 N–H and O–H groups in total. The molecule has 0 aliphatic heterocycles. The number of amides is 1. The van der Waals surface area contributed by atoms with Gasteiger partial charge in [0.1, 0.15) is 11.6 Å². The monoisotopic (exact) mass is 263 g/mol. The summed E-state index contributed by atoms with van der Waals surface area (Å²) in [5.74, 6) is 5.03. The van der Waals surface area contributed by atoms with E-state index >= 15 is 0 Å². The molecular formula is C13H14FN3O2. The van der Waals surface area contributed by atoms with Crippen molar-refractivity contribution in [2.75, 3.05) is 11.9 Å². The number of hydrogen-bond donors (Lipinski definition) is 2. The van der Waals surface area contributed by atoms with Crippen molar-refractivity contribution < 1.29 is 13.6 Å². The van der Waals surface area contributed by atoms with Gasteiger partial charge in [0.25, 0.3) is 0 Å². The number of furan rings is 1. The third kappa shape index (κ3) is 3.11. The smallest absolute Gasteiger partial charge is 0.300 e. The molecule has 19 heavy (non-hydrogen) atoms. The van der Waals surface area contributed by atoms with Gasteiger partial charge in [0.15, 0.2) is 5.76 Å². The van der Waals surface area contributed by atoms with Crippen molar-refractivity contribution in [3.05, 3.63) is 53.7 Å². The second-order valence-electron chi connectivity index (χ2n) is 4.07. The van der Waals surface area contributed by atoms with Gasteiger partial charge in [0.2, 0.25) is 0 Å². The minimum absolute atomic E-state index is 0.157. The zero-order valence-corrected chi connectivity index (χ0v) is 10.4. The van der Waals surface area contributed by atoms with Crippen LogP contribution in [0.25, 0.3) is 0 Å². The van der Waals surface area contributed by atoms with Crippen molar-refractivity contribution >= 4 is 11.6 Å². The van der Waals surface area contributed by atoms with E-state index in [-0.39, 0.29) is 11.6 Å². The van der Waals surface area contributed by atoms with Crippen molar-refractivity contribution in [2.45, 2.75) is 6.54 Å². The molecule has 5 nitrogen and oxygen atoms in total. The fraction of sp³-hybridized carbons (Fsp3) is 0.154. The maximum atomic E-state index is 12.8. The molecule has 2 rings (SSSR count). The van der Waals surface area contributed by atoms with E-state index in [0.717, 1.165) is 5.69 Å². The van der Waals surface area contributed by atoms with Gasteiger partial charge in [-0.25, -0.2) is 10.2 Å². The summed E-state index contributed by atoms with van der Waals surface area (Å²) in [5, 5.41) is 0. The Hall–Kier alpha value is -2.34. The second kappa shape index (κ2) is 5.53. The molecule has 1 heterocycles. The van der Waals surface area contributed by atoms with Crippen LogP contribution < -0.4 is 16.2 Å². The number of halogens is 1. The lowest BCUT2D eigenvalue weighted by Crippen LogP contribution is -2.29. The molecule has 0 spiro atoms. The van der Waals surface area contributed by atoms with E-state index in [4.69, 9.17) is 10.3 Å². The van der Waals surface area contributed by atoms with Crippen LogP contribution in [0.15, 0.2) is 40.8 Å². The number of rotatable bonds is 4. The maximum Gasteiger partial charge on any atom is 0.300 e. The van der Waals surface area contributed by atoms with Crippen LogP contribution in [-0.4, -0.2) is 13.0 Å². The van der Waals surface area contributed by atoms with E-state index < -0.39 is 5.91 Å². The Morgan fingerprint density at radius 1 is 1.32 bits per heavy atom. The number of hydrazine groups is 1. The fourth-order valence-corrected chi connectivity index (χ4v) is 1.68. The number of hydrogen-bond acceptors (Lipinski definition) is 4. The standard InChI is InChI=1S/C13H14FN3O2/c1-17(10-4-2-9(14)3-5-10)8-11-6-7-12(19-11)13(18)16-15/h2-7H,8,15H2,1H3,(H,16,18). The third-order valence-corrected chi connectivity index (χ3v) is 2.68. The predicted octanol–water partition coefficient (Wildman–Crippen LogP) is 1.66. The van der Waals surface area contributed by atoms with E-state index in [1.54, 1.807) is 24.3 Å². The highest BCUT2D eigenvalue weighted by atomic mass is 19.1. The lowest BCUT2D eigenvalue weighted by Gasteiger charge is -2.17. The first-order valence-corrected chi connectivity index (χ1v) is 5.66. The van der Waals surface area contributed by atoms with Crippen molar-refractivity contribution in [3.8, 4) is 0 Å². The number of nitrogen functional groups attached to an aromatic ring is 1. The Labute approximate surface area is 109 Å². The molecule has 0 radical (unpaired) electrons. The van der Waals surface area contributed by atoms with E-state index in [2.05, 4.69) is 0 Å². The molecule has 1 amide bonds. The lowest BCUT2D eigenvalue weighted by atomic mass is 10.3. The molecule has 2 aromatic rings. The molecule has 0 aliphatic rings. The number of nitrogens with zero attached hydrogens (tertiary/aromatic N) is 1.